The number of thiophene rings is 1. The molecule has 1 saturated heterocycles. The molecule has 0 unspecified atom stereocenters. The van der Waals surface area contributed by atoms with E-state index in [-0.39, 0.29) is 0 Å². The fourth-order valence-electron chi connectivity index (χ4n) is 3.99. The first-order valence-corrected chi connectivity index (χ1v) is 11.8. The van der Waals surface area contributed by atoms with Crippen LogP contribution in [0.25, 0.3) is 32.9 Å². The fraction of sp³-hybridized carbons (Fsp3) is 0.348. The van der Waals surface area contributed by atoms with Gasteiger partial charge in [0, 0.05) is 43.2 Å². The van der Waals surface area contributed by atoms with E-state index in [0.717, 1.165) is 66.4 Å². The summed E-state index contributed by atoms with van der Waals surface area (Å²) in [7, 11) is 2.18. The Morgan fingerprint density at radius 2 is 1.71 bits per heavy atom. The molecule has 0 amide bonds. The molecular weight excluding hydrogens is 428 g/mol. The molecule has 0 atom stereocenters. The molecule has 1 aromatic carbocycles. The van der Waals surface area contributed by atoms with Crippen LogP contribution in [0, 0.1) is 6.92 Å². The van der Waals surface area contributed by atoms with E-state index in [1.54, 1.807) is 11.3 Å². The zero-order valence-corrected chi connectivity index (χ0v) is 19.3. The van der Waals surface area contributed by atoms with Crippen LogP contribution in [0.4, 0.5) is 0 Å². The van der Waals surface area contributed by atoms with Crippen molar-refractivity contribution in [2.45, 2.75) is 13.5 Å². The highest BCUT2D eigenvalue weighted by atomic mass is 35.5. The van der Waals surface area contributed by atoms with Crippen LogP contribution in [-0.4, -0.2) is 69.5 Å². The van der Waals surface area contributed by atoms with Crippen molar-refractivity contribution in [3.05, 3.63) is 52.4 Å². The van der Waals surface area contributed by atoms with Gasteiger partial charge in [0.05, 0.1) is 21.8 Å². The van der Waals surface area contributed by atoms with E-state index in [4.69, 9.17) is 16.7 Å². The average molecular weight is 453 g/mol. The molecule has 1 aliphatic rings. The van der Waals surface area contributed by atoms with Crippen LogP contribution in [0.15, 0.2) is 42.5 Å². The first kappa shape index (κ1) is 20.6. The van der Waals surface area contributed by atoms with Crippen molar-refractivity contribution in [1.82, 2.24) is 29.8 Å². The van der Waals surface area contributed by atoms with E-state index in [1.165, 1.54) is 4.88 Å². The Bertz CT molecular complexity index is 1190. The number of rotatable bonds is 5. The highest BCUT2D eigenvalue weighted by Crippen LogP contribution is 2.39. The molecule has 0 spiro atoms. The van der Waals surface area contributed by atoms with Crippen LogP contribution in [0.2, 0.25) is 5.02 Å². The quantitative estimate of drug-likeness (QED) is 0.448. The SMILES string of the molecule is Cc1ccc(-c2nn(CCN3CCN(C)CC3)c3nnc(-c4ccccc4)c(Cl)c23)s1. The van der Waals surface area contributed by atoms with Crippen LogP contribution >= 0.6 is 22.9 Å². The van der Waals surface area contributed by atoms with Gasteiger partial charge in [-0.25, -0.2) is 4.68 Å². The Morgan fingerprint density at radius 3 is 2.42 bits per heavy atom. The van der Waals surface area contributed by atoms with Crippen molar-refractivity contribution in [3.63, 3.8) is 0 Å². The summed E-state index contributed by atoms with van der Waals surface area (Å²) in [6.07, 6.45) is 0. The summed E-state index contributed by atoms with van der Waals surface area (Å²) >= 11 is 8.68. The molecule has 4 aromatic rings. The van der Waals surface area contributed by atoms with Crippen molar-refractivity contribution in [3.8, 4) is 21.8 Å². The summed E-state index contributed by atoms with van der Waals surface area (Å²) < 4.78 is 1.98. The van der Waals surface area contributed by atoms with E-state index >= 15 is 0 Å². The topological polar surface area (TPSA) is 50.1 Å². The van der Waals surface area contributed by atoms with Crippen LogP contribution in [0.1, 0.15) is 4.88 Å². The first-order chi connectivity index (χ1) is 15.1. The van der Waals surface area contributed by atoms with Gasteiger partial charge in [0.2, 0.25) is 0 Å². The maximum absolute atomic E-state index is 6.95. The van der Waals surface area contributed by atoms with Gasteiger partial charge in [-0.15, -0.1) is 21.5 Å². The molecule has 1 aliphatic heterocycles. The number of aromatic nitrogens is 4. The van der Waals surface area contributed by atoms with Gasteiger partial charge in [0.15, 0.2) is 5.65 Å². The molecule has 160 valence electrons. The number of aryl methyl sites for hydroxylation is 1. The lowest BCUT2D eigenvalue weighted by Crippen LogP contribution is -2.45. The van der Waals surface area contributed by atoms with Crippen molar-refractivity contribution >= 4 is 34.0 Å². The third-order valence-corrected chi connectivity index (χ3v) is 7.22. The summed E-state index contributed by atoms with van der Waals surface area (Å²) in [6, 6.07) is 14.2. The predicted octanol–water partition coefficient (Wildman–Crippen LogP) is 4.43. The first-order valence-electron chi connectivity index (χ1n) is 10.6. The molecular formula is C23H25ClN6S. The van der Waals surface area contributed by atoms with Gasteiger partial charge in [0.1, 0.15) is 11.4 Å². The maximum Gasteiger partial charge on any atom is 0.182 e. The van der Waals surface area contributed by atoms with Crippen LogP contribution in [-0.2, 0) is 6.54 Å². The van der Waals surface area contributed by atoms with Gasteiger partial charge >= 0.3 is 0 Å². The minimum atomic E-state index is 0.614. The second-order valence-corrected chi connectivity index (χ2v) is 9.72. The van der Waals surface area contributed by atoms with Crippen LogP contribution in [0.5, 0.6) is 0 Å². The Hall–Kier alpha value is -2.32. The summed E-state index contributed by atoms with van der Waals surface area (Å²) in [5.74, 6) is 0. The highest BCUT2D eigenvalue weighted by molar-refractivity contribution is 7.15. The third kappa shape index (κ3) is 4.11. The van der Waals surface area contributed by atoms with E-state index in [1.807, 2.05) is 35.0 Å². The lowest BCUT2D eigenvalue weighted by atomic mass is 10.1. The summed E-state index contributed by atoms with van der Waals surface area (Å²) in [5, 5.41) is 15.6. The van der Waals surface area contributed by atoms with E-state index in [2.05, 4.69) is 46.1 Å². The Labute approximate surface area is 191 Å². The molecule has 4 heterocycles. The lowest BCUT2D eigenvalue weighted by molar-refractivity contribution is 0.149. The molecule has 0 aliphatic carbocycles. The van der Waals surface area contributed by atoms with E-state index < -0.39 is 0 Å². The standard InChI is InChI=1S/C23H25ClN6S/c1-16-8-9-18(31-16)22-19-20(24)21(17-6-4-3-5-7-17)25-26-23(19)30(27-22)15-14-29-12-10-28(2)11-13-29/h3-9H,10-15H2,1-2H3. The molecule has 3 aromatic heterocycles. The smallest absolute Gasteiger partial charge is 0.182 e. The second-order valence-electron chi connectivity index (χ2n) is 8.05. The fourth-order valence-corrected chi connectivity index (χ4v) is 5.17. The van der Waals surface area contributed by atoms with E-state index in [0.29, 0.717) is 10.7 Å². The largest absolute Gasteiger partial charge is 0.304 e. The predicted molar refractivity (Wildman–Crippen MR) is 128 cm³/mol. The van der Waals surface area contributed by atoms with Gasteiger partial charge in [0.25, 0.3) is 0 Å². The molecule has 0 N–H and O–H groups in total. The monoisotopic (exact) mass is 452 g/mol. The number of benzene rings is 1. The minimum Gasteiger partial charge on any atom is -0.304 e. The van der Waals surface area contributed by atoms with Gasteiger partial charge < -0.3 is 4.90 Å². The molecule has 31 heavy (non-hydrogen) atoms. The molecule has 0 bridgehead atoms. The maximum atomic E-state index is 6.95. The van der Waals surface area contributed by atoms with Crippen molar-refractivity contribution in [2.24, 2.45) is 0 Å². The minimum absolute atomic E-state index is 0.614. The Kier molecular flexibility index (Phi) is 5.75. The van der Waals surface area contributed by atoms with Gasteiger partial charge in [-0.2, -0.15) is 5.10 Å². The number of piperazine rings is 1. The molecule has 8 heteroatoms. The molecule has 0 saturated carbocycles. The van der Waals surface area contributed by atoms with Crippen LogP contribution < -0.4 is 0 Å². The number of likely N-dealkylation sites (N-methyl/N-ethyl adjacent to an activating group) is 1. The number of hydrogen-bond acceptors (Lipinski definition) is 6. The van der Waals surface area contributed by atoms with Crippen molar-refractivity contribution in [2.75, 3.05) is 39.8 Å². The lowest BCUT2D eigenvalue weighted by Gasteiger charge is -2.32. The zero-order chi connectivity index (χ0) is 21.4. The summed E-state index contributed by atoms with van der Waals surface area (Å²) in [4.78, 5) is 7.20. The highest BCUT2D eigenvalue weighted by Gasteiger charge is 2.22. The molecule has 6 nitrogen and oxygen atoms in total. The Balaban J connectivity index is 1.56. The number of nitrogens with zero attached hydrogens (tertiary/aromatic N) is 6. The second kappa shape index (κ2) is 8.67. The zero-order valence-electron chi connectivity index (χ0n) is 17.8. The average Bonchev–Trinajstić information content (AvgIpc) is 3.38. The third-order valence-electron chi connectivity index (χ3n) is 5.84. The summed E-state index contributed by atoms with van der Waals surface area (Å²) in [6.45, 7) is 8.18. The summed E-state index contributed by atoms with van der Waals surface area (Å²) in [5.41, 5.74) is 3.30. The van der Waals surface area contributed by atoms with Gasteiger partial charge in [-0.05, 0) is 26.1 Å². The van der Waals surface area contributed by atoms with Gasteiger partial charge in [-0.1, -0.05) is 41.9 Å². The molecule has 1 fully saturated rings. The van der Waals surface area contributed by atoms with E-state index in [9.17, 15) is 0 Å². The van der Waals surface area contributed by atoms with Gasteiger partial charge in [-0.3, -0.25) is 4.90 Å². The van der Waals surface area contributed by atoms with Crippen LogP contribution in [0.3, 0.4) is 0 Å². The van der Waals surface area contributed by atoms with Crippen molar-refractivity contribution < 1.29 is 0 Å². The van der Waals surface area contributed by atoms with Crippen molar-refractivity contribution in [1.29, 1.82) is 0 Å². The number of fused-ring (bicyclic) bond motifs is 1. The Morgan fingerprint density at radius 1 is 0.935 bits per heavy atom. The number of halogens is 1. The molecule has 5 rings (SSSR count). The molecule has 0 radical (unpaired) electrons. The normalized spacial score (nSPS) is 15.7. The number of hydrogen-bond donors (Lipinski definition) is 0.